The highest BCUT2D eigenvalue weighted by Gasteiger charge is 2.30. The van der Waals surface area contributed by atoms with Crippen LogP contribution < -0.4 is 15.4 Å². The lowest BCUT2D eigenvalue weighted by molar-refractivity contribution is -0.137. The number of hydrogen-bond donors (Lipinski definition) is 2. The van der Waals surface area contributed by atoms with E-state index in [-0.39, 0.29) is 30.7 Å². The van der Waals surface area contributed by atoms with Gasteiger partial charge in [-0.3, -0.25) is 4.79 Å². The van der Waals surface area contributed by atoms with Crippen molar-refractivity contribution in [1.82, 2.24) is 10.6 Å². The molecule has 8 heteroatoms. The molecule has 0 heterocycles. The molecule has 0 spiro atoms. The van der Waals surface area contributed by atoms with E-state index in [1.807, 2.05) is 6.92 Å². The van der Waals surface area contributed by atoms with Crippen LogP contribution in [0.3, 0.4) is 0 Å². The summed E-state index contributed by atoms with van der Waals surface area (Å²) >= 11 is 0. The van der Waals surface area contributed by atoms with Crippen molar-refractivity contribution in [2.75, 3.05) is 26.2 Å². The minimum atomic E-state index is -4.37. The lowest BCUT2D eigenvalue weighted by atomic mass is 10.2. The summed E-state index contributed by atoms with van der Waals surface area (Å²) in [5, 5.41) is 5.76. The van der Waals surface area contributed by atoms with E-state index in [1.165, 1.54) is 12.1 Å². The summed E-state index contributed by atoms with van der Waals surface area (Å²) in [4.78, 5) is 11.4. The highest BCUT2D eigenvalue weighted by molar-refractivity contribution is 5.85. The zero-order valence-electron chi connectivity index (χ0n) is 12.2. The highest BCUT2D eigenvalue weighted by atomic mass is 35.5. The lowest BCUT2D eigenvalue weighted by Gasteiger charge is -2.09. The predicted molar refractivity (Wildman–Crippen MR) is 80.4 cm³/mol. The van der Waals surface area contributed by atoms with E-state index >= 15 is 0 Å². The molecule has 1 aromatic carbocycles. The molecule has 0 saturated carbocycles. The molecule has 1 aromatic rings. The molecule has 22 heavy (non-hydrogen) atoms. The maximum absolute atomic E-state index is 12.4. The third kappa shape index (κ3) is 8.09. The van der Waals surface area contributed by atoms with Gasteiger partial charge in [0.15, 0.2) is 6.61 Å². The van der Waals surface area contributed by atoms with E-state index in [9.17, 15) is 18.0 Å². The van der Waals surface area contributed by atoms with Crippen LogP contribution >= 0.6 is 12.4 Å². The van der Waals surface area contributed by atoms with E-state index in [2.05, 4.69) is 10.6 Å². The van der Waals surface area contributed by atoms with Gasteiger partial charge in [-0.15, -0.1) is 12.4 Å². The second-order valence-electron chi connectivity index (χ2n) is 4.41. The fourth-order valence-electron chi connectivity index (χ4n) is 1.53. The number of alkyl halides is 3. The Morgan fingerprint density at radius 2 is 1.77 bits per heavy atom. The van der Waals surface area contributed by atoms with Gasteiger partial charge in [0, 0.05) is 13.1 Å². The van der Waals surface area contributed by atoms with E-state index < -0.39 is 11.7 Å². The van der Waals surface area contributed by atoms with Crippen molar-refractivity contribution in [3.63, 3.8) is 0 Å². The van der Waals surface area contributed by atoms with Crippen molar-refractivity contribution in [2.24, 2.45) is 0 Å². The fourth-order valence-corrected chi connectivity index (χ4v) is 1.53. The number of carbonyl (C=O) groups excluding carboxylic acids is 1. The molecule has 1 rings (SSSR count). The monoisotopic (exact) mass is 340 g/mol. The van der Waals surface area contributed by atoms with Crippen molar-refractivity contribution in [3.8, 4) is 5.75 Å². The van der Waals surface area contributed by atoms with Gasteiger partial charge in [-0.2, -0.15) is 13.2 Å². The number of rotatable bonds is 8. The van der Waals surface area contributed by atoms with E-state index in [4.69, 9.17) is 4.74 Å². The molecule has 126 valence electrons. The first-order valence-corrected chi connectivity index (χ1v) is 6.71. The molecule has 0 aromatic heterocycles. The van der Waals surface area contributed by atoms with Crippen LogP contribution in [0.2, 0.25) is 0 Å². The Labute approximate surface area is 133 Å². The van der Waals surface area contributed by atoms with Crippen LogP contribution in [0.25, 0.3) is 0 Å². The SMILES string of the molecule is CCCNCCNC(=O)COc1ccc(C(F)(F)F)cc1.Cl. The second kappa shape index (κ2) is 10.3. The first kappa shape index (κ1) is 20.5. The molecule has 0 bridgehead atoms. The molecule has 0 unspecified atom stereocenters. The molecule has 0 aliphatic heterocycles. The van der Waals surface area contributed by atoms with E-state index in [0.717, 1.165) is 25.1 Å². The minimum absolute atomic E-state index is 0. The summed E-state index contributed by atoms with van der Waals surface area (Å²) in [5.41, 5.74) is -0.749. The van der Waals surface area contributed by atoms with Gasteiger partial charge in [0.05, 0.1) is 5.56 Å². The summed E-state index contributed by atoms with van der Waals surface area (Å²) in [7, 11) is 0. The number of nitrogens with one attached hydrogen (secondary N) is 2. The summed E-state index contributed by atoms with van der Waals surface area (Å²) in [6.07, 6.45) is -3.35. The first-order chi connectivity index (χ1) is 9.93. The van der Waals surface area contributed by atoms with Gasteiger partial charge < -0.3 is 15.4 Å². The number of hydrogen-bond acceptors (Lipinski definition) is 3. The third-order valence-corrected chi connectivity index (χ3v) is 2.60. The topological polar surface area (TPSA) is 50.4 Å². The first-order valence-electron chi connectivity index (χ1n) is 6.71. The molecule has 0 radical (unpaired) electrons. The molecule has 0 saturated heterocycles. The smallest absolute Gasteiger partial charge is 0.416 e. The van der Waals surface area contributed by atoms with Gasteiger partial charge in [0.1, 0.15) is 5.75 Å². The van der Waals surface area contributed by atoms with Gasteiger partial charge in [-0.25, -0.2) is 0 Å². The standard InChI is InChI=1S/C14H19F3N2O2.ClH/c1-2-7-18-8-9-19-13(20)10-21-12-5-3-11(4-6-12)14(15,16)17;/h3-6,18H,2,7-10H2,1H3,(H,19,20);1H. The maximum atomic E-state index is 12.4. The highest BCUT2D eigenvalue weighted by Crippen LogP contribution is 2.30. The fraction of sp³-hybridized carbons (Fsp3) is 0.500. The normalized spacial score (nSPS) is 10.7. The van der Waals surface area contributed by atoms with Crippen LogP contribution in [0.4, 0.5) is 13.2 Å². The van der Waals surface area contributed by atoms with Crippen LogP contribution in [0.15, 0.2) is 24.3 Å². The van der Waals surface area contributed by atoms with Crippen molar-refractivity contribution >= 4 is 18.3 Å². The quantitative estimate of drug-likeness (QED) is 0.715. The van der Waals surface area contributed by atoms with Crippen molar-refractivity contribution in [3.05, 3.63) is 29.8 Å². The zero-order valence-corrected chi connectivity index (χ0v) is 13.0. The van der Waals surface area contributed by atoms with Crippen LogP contribution in [0, 0.1) is 0 Å². The Hall–Kier alpha value is -1.47. The lowest BCUT2D eigenvalue weighted by Crippen LogP contribution is -2.35. The summed E-state index contributed by atoms with van der Waals surface area (Å²) in [6, 6.07) is 4.22. The van der Waals surface area contributed by atoms with Crippen LogP contribution in [0.1, 0.15) is 18.9 Å². The number of halogens is 4. The third-order valence-electron chi connectivity index (χ3n) is 2.60. The molecule has 0 atom stereocenters. The van der Waals surface area contributed by atoms with Crippen LogP contribution in [0.5, 0.6) is 5.75 Å². The minimum Gasteiger partial charge on any atom is -0.484 e. The molecule has 0 fully saturated rings. The van der Waals surface area contributed by atoms with Gasteiger partial charge in [0.2, 0.25) is 0 Å². The predicted octanol–water partition coefficient (Wildman–Crippen LogP) is 2.62. The number of ether oxygens (including phenoxy) is 1. The van der Waals surface area contributed by atoms with Crippen molar-refractivity contribution in [2.45, 2.75) is 19.5 Å². The molecular formula is C14H20ClF3N2O2. The molecule has 2 N–H and O–H groups in total. The number of benzene rings is 1. The molecule has 0 aliphatic carbocycles. The van der Waals surface area contributed by atoms with Crippen LogP contribution in [-0.4, -0.2) is 32.1 Å². The Morgan fingerprint density at radius 1 is 1.14 bits per heavy atom. The van der Waals surface area contributed by atoms with Gasteiger partial charge in [-0.05, 0) is 37.2 Å². The molecule has 0 aliphatic rings. The van der Waals surface area contributed by atoms with Gasteiger partial charge in [-0.1, -0.05) is 6.92 Å². The van der Waals surface area contributed by atoms with E-state index in [1.54, 1.807) is 0 Å². The molecule has 1 amide bonds. The van der Waals surface area contributed by atoms with E-state index in [0.29, 0.717) is 13.1 Å². The second-order valence-corrected chi connectivity index (χ2v) is 4.41. The molecule has 4 nitrogen and oxygen atoms in total. The Morgan fingerprint density at radius 3 is 2.32 bits per heavy atom. The zero-order chi connectivity index (χ0) is 15.7. The Kier molecular flexibility index (Phi) is 9.60. The average Bonchev–Trinajstić information content (AvgIpc) is 2.44. The number of carbonyl (C=O) groups is 1. The average molecular weight is 341 g/mol. The maximum Gasteiger partial charge on any atom is 0.416 e. The summed E-state index contributed by atoms with van der Waals surface area (Å²) in [5.74, 6) is -0.0875. The summed E-state index contributed by atoms with van der Waals surface area (Å²) in [6.45, 7) is 3.86. The largest absolute Gasteiger partial charge is 0.484 e. The van der Waals surface area contributed by atoms with Crippen molar-refractivity contribution < 1.29 is 22.7 Å². The van der Waals surface area contributed by atoms with Gasteiger partial charge in [0.25, 0.3) is 5.91 Å². The summed E-state index contributed by atoms with van der Waals surface area (Å²) < 4.78 is 42.2. The number of amides is 1. The molecular weight excluding hydrogens is 321 g/mol. The van der Waals surface area contributed by atoms with Gasteiger partial charge >= 0.3 is 6.18 Å². The van der Waals surface area contributed by atoms with Crippen molar-refractivity contribution in [1.29, 1.82) is 0 Å². The Balaban J connectivity index is 0.00000441. The Bertz CT molecular complexity index is 439. The van der Waals surface area contributed by atoms with Crippen LogP contribution in [-0.2, 0) is 11.0 Å².